The van der Waals surface area contributed by atoms with Crippen molar-refractivity contribution in [3.8, 4) is 0 Å². The number of carbonyl (C=O) groups excluding carboxylic acids is 2. The van der Waals surface area contributed by atoms with Gasteiger partial charge in [-0.3, -0.25) is 9.59 Å². The zero-order chi connectivity index (χ0) is 12.1. The van der Waals surface area contributed by atoms with E-state index in [0.29, 0.717) is 11.3 Å². The van der Waals surface area contributed by atoms with Crippen molar-refractivity contribution in [1.29, 1.82) is 0 Å². The van der Waals surface area contributed by atoms with Crippen LogP contribution in [0.5, 0.6) is 0 Å². The summed E-state index contributed by atoms with van der Waals surface area (Å²) in [4.78, 5) is 22.1. The lowest BCUT2D eigenvalue weighted by molar-refractivity contribution is -0.117. The van der Waals surface area contributed by atoms with Crippen LogP contribution in [-0.4, -0.2) is 18.4 Å². The Kier molecular flexibility index (Phi) is 3.88. The Morgan fingerprint density at radius 3 is 2.56 bits per heavy atom. The molecule has 1 aromatic rings. The van der Waals surface area contributed by atoms with Crippen LogP contribution in [0.15, 0.2) is 18.2 Å². The third-order valence-electron chi connectivity index (χ3n) is 2.02. The fourth-order valence-electron chi connectivity index (χ4n) is 1.35. The number of anilines is 1. The molecule has 0 spiro atoms. The van der Waals surface area contributed by atoms with Crippen LogP contribution in [-0.2, 0) is 4.79 Å². The summed E-state index contributed by atoms with van der Waals surface area (Å²) < 4.78 is 0. The van der Waals surface area contributed by atoms with E-state index in [1.807, 2.05) is 6.92 Å². The van der Waals surface area contributed by atoms with E-state index in [-0.39, 0.29) is 18.9 Å². The number of amides is 2. The monoisotopic (exact) mass is 221 g/mol. The summed E-state index contributed by atoms with van der Waals surface area (Å²) in [5.41, 5.74) is 12.5. The number of nitrogen functional groups attached to an aromatic ring is 1. The van der Waals surface area contributed by atoms with Crippen molar-refractivity contribution >= 4 is 17.5 Å². The third-order valence-corrected chi connectivity index (χ3v) is 2.02. The second kappa shape index (κ2) is 5.16. The van der Waals surface area contributed by atoms with Gasteiger partial charge in [0.2, 0.25) is 5.91 Å². The van der Waals surface area contributed by atoms with Gasteiger partial charge in [0.1, 0.15) is 0 Å². The molecular formula is C11H15N3O2. The molecule has 16 heavy (non-hydrogen) atoms. The average molecular weight is 221 g/mol. The van der Waals surface area contributed by atoms with Gasteiger partial charge < -0.3 is 16.8 Å². The van der Waals surface area contributed by atoms with E-state index >= 15 is 0 Å². The van der Waals surface area contributed by atoms with Gasteiger partial charge in [0.15, 0.2) is 0 Å². The molecule has 1 rings (SSSR count). The van der Waals surface area contributed by atoms with E-state index < -0.39 is 5.91 Å². The first-order valence-electron chi connectivity index (χ1n) is 4.92. The highest BCUT2D eigenvalue weighted by atomic mass is 16.2. The van der Waals surface area contributed by atoms with Crippen molar-refractivity contribution < 1.29 is 9.59 Å². The van der Waals surface area contributed by atoms with Crippen molar-refractivity contribution in [2.45, 2.75) is 13.3 Å². The van der Waals surface area contributed by atoms with E-state index in [0.717, 1.165) is 5.56 Å². The molecule has 0 aromatic heterocycles. The number of carbonyl (C=O) groups is 2. The molecule has 0 aliphatic heterocycles. The minimum Gasteiger partial charge on any atom is -0.399 e. The minimum atomic E-state index is -0.441. The minimum absolute atomic E-state index is 0.132. The number of nitrogens with one attached hydrogen (secondary N) is 1. The van der Waals surface area contributed by atoms with Gasteiger partial charge in [-0.25, -0.2) is 0 Å². The molecule has 2 amide bonds. The van der Waals surface area contributed by atoms with Gasteiger partial charge in [-0.2, -0.15) is 0 Å². The smallest absolute Gasteiger partial charge is 0.251 e. The zero-order valence-corrected chi connectivity index (χ0v) is 9.12. The lowest BCUT2D eigenvalue weighted by atomic mass is 10.1. The quantitative estimate of drug-likeness (QED) is 0.632. The predicted molar refractivity (Wildman–Crippen MR) is 61.7 cm³/mol. The predicted octanol–water partition coefficient (Wildman–Crippen LogP) is 0.182. The summed E-state index contributed by atoms with van der Waals surface area (Å²) in [7, 11) is 0. The second-order valence-electron chi connectivity index (χ2n) is 3.60. The number of hydrogen-bond acceptors (Lipinski definition) is 3. The molecule has 5 N–H and O–H groups in total. The van der Waals surface area contributed by atoms with Gasteiger partial charge in [0.05, 0.1) is 0 Å². The van der Waals surface area contributed by atoms with Crippen LogP contribution < -0.4 is 16.8 Å². The number of nitrogens with two attached hydrogens (primary N) is 2. The fourth-order valence-corrected chi connectivity index (χ4v) is 1.35. The van der Waals surface area contributed by atoms with Crippen molar-refractivity contribution in [3.63, 3.8) is 0 Å². The normalized spacial score (nSPS) is 9.81. The molecule has 0 bridgehead atoms. The van der Waals surface area contributed by atoms with E-state index in [1.165, 1.54) is 0 Å². The Balaban J connectivity index is 2.62. The van der Waals surface area contributed by atoms with Gasteiger partial charge in [-0.15, -0.1) is 0 Å². The van der Waals surface area contributed by atoms with Crippen LogP contribution in [0.2, 0.25) is 0 Å². The molecule has 0 saturated heterocycles. The van der Waals surface area contributed by atoms with Crippen molar-refractivity contribution in [2.24, 2.45) is 5.73 Å². The first-order valence-corrected chi connectivity index (χ1v) is 4.92. The number of benzene rings is 1. The molecule has 0 saturated carbocycles. The third kappa shape index (κ3) is 3.61. The molecular weight excluding hydrogens is 206 g/mol. The molecule has 5 heteroatoms. The number of rotatable bonds is 4. The molecule has 86 valence electrons. The largest absolute Gasteiger partial charge is 0.399 e. The lowest BCUT2D eigenvalue weighted by Crippen LogP contribution is -2.27. The standard InChI is InChI=1S/C11H15N3O2/c1-7-4-8(6-9(12)5-7)11(16)14-3-2-10(13)15/h4-6H,2-3,12H2,1H3,(H2,13,15)(H,14,16). The van der Waals surface area contributed by atoms with Crippen LogP contribution >= 0.6 is 0 Å². The van der Waals surface area contributed by atoms with Gasteiger partial charge in [0.25, 0.3) is 5.91 Å². The summed E-state index contributed by atoms with van der Waals surface area (Å²) in [6.45, 7) is 2.10. The summed E-state index contributed by atoms with van der Waals surface area (Å²) in [5, 5.41) is 2.59. The highest BCUT2D eigenvalue weighted by Gasteiger charge is 2.06. The molecule has 0 radical (unpaired) electrons. The lowest BCUT2D eigenvalue weighted by Gasteiger charge is -2.05. The molecule has 0 aliphatic carbocycles. The van der Waals surface area contributed by atoms with E-state index in [2.05, 4.69) is 5.32 Å². The van der Waals surface area contributed by atoms with Crippen LogP contribution in [0.1, 0.15) is 22.3 Å². The van der Waals surface area contributed by atoms with Gasteiger partial charge >= 0.3 is 0 Å². The molecule has 5 nitrogen and oxygen atoms in total. The van der Waals surface area contributed by atoms with Gasteiger partial charge in [-0.05, 0) is 30.7 Å². The molecule has 0 unspecified atom stereocenters. The molecule has 1 aromatic carbocycles. The SMILES string of the molecule is Cc1cc(N)cc(C(=O)NCCC(N)=O)c1. The Morgan fingerprint density at radius 1 is 1.31 bits per heavy atom. The van der Waals surface area contributed by atoms with Crippen molar-refractivity contribution in [1.82, 2.24) is 5.32 Å². The maximum absolute atomic E-state index is 11.6. The topological polar surface area (TPSA) is 98.2 Å². The zero-order valence-electron chi connectivity index (χ0n) is 9.12. The summed E-state index contributed by atoms with van der Waals surface area (Å²) in [6, 6.07) is 5.10. The van der Waals surface area contributed by atoms with E-state index in [9.17, 15) is 9.59 Å². The number of hydrogen-bond donors (Lipinski definition) is 3. The van der Waals surface area contributed by atoms with Crippen LogP contribution in [0.4, 0.5) is 5.69 Å². The van der Waals surface area contributed by atoms with Crippen LogP contribution in [0.25, 0.3) is 0 Å². The molecule has 0 heterocycles. The Bertz CT molecular complexity index is 395. The van der Waals surface area contributed by atoms with E-state index in [1.54, 1.807) is 18.2 Å². The van der Waals surface area contributed by atoms with Crippen molar-refractivity contribution in [2.75, 3.05) is 12.3 Å². The fraction of sp³-hybridized carbons (Fsp3) is 0.273. The summed E-state index contributed by atoms with van der Waals surface area (Å²) >= 11 is 0. The highest BCUT2D eigenvalue weighted by molar-refractivity contribution is 5.95. The van der Waals surface area contributed by atoms with Gasteiger partial charge in [0, 0.05) is 24.2 Å². The molecule has 0 atom stereocenters. The second-order valence-corrected chi connectivity index (χ2v) is 3.60. The van der Waals surface area contributed by atoms with E-state index in [4.69, 9.17) is 11.5 Å². The summed E-state index contributed by atoms with van der Waals surface area (Å²) in [5.74, 6) is -0.694. The van der Waals surface area contributed by atoms with Crippen LogP contribution in [0, 0.1) is 6.92 Å². The molecule has 0 fully saturated rings. The summed E-state index contributed by atoms with van der Waals surface area (Å²) in [6.07, 6.45) is 0.132. The first-order chi connectivity index (χ1) is 7.49. The number of primary amides is 1. The van der Waals surface area contributed by atoms with Crippen LogP contribution in [0.3, 0.4) is 0 Å². The van der Waals surface area contributed by atoms with Gasteiger partial charge in [-0.1, -0.05) is 0 Å². The Labute approximate surface area is 93.8 Å². The Hall–Kier alpha value is -2.04. The molecule has 0 aliphatic rings. The average Bonchev–Trinajstić information content (AvgIpc) is 2.15. The van der Waals surface area contributed by atoms with Crippen molar-refractivity contribution in [3.05, 3.63) is 29.3 Å². The highest BCUT2D eigenvalue weighted by Crippen LogP contribution is 2.10. The first kappa shape index (κ1) is 12.0. The maximum Gasteiger partial charge on any atom is 0.251 e. The number of aryl methyl sites for hydroxylation is 1. The Morgan fingerprint density at radius 2 is 2.00 bits per heavy atom. The maximum atomic E-state index is 11.6.